The van der Waals surface area contributed by atoms with Crippen molar-refractivity contribution >= 4 is 23.9 Å². The molecule has 0 spiro atoms. The normalized spacial score (nSPS) is 30.8. The first-order valence-corrected chi connectivity index (χ1v) is 6.99. The van der Waals surface area contributed by atoms with Crippen LogP contribution in [0, 0.1) is 0 Å². The standard InChI is InChI=1S/C13H17FN2O7/c1-6(17)21-5-10-9(22-7(2)18)3-11(23-10)16-4-8(14)12(19)15-13(16)20/h8-11H,3-5H2,1-2H3,(H,15,19,20). The minimum atomic E-state index is -1.86. The summed E-state index contributed by atoms with van der Waals surface area (Å²) in [6.45, 7) is 1.80. The number of imide groups is 1. The average Bonchev–Trinajstić information content (AvgIpc) is 2.82. The zero-order valence-electron chi connectivity index (χ0n) is 12.6. The third-order valence-corrected chi connectivity index (χ3v) is 3.43. The number of hydrogen-bond donors (Lipinski definition) is 1. The van der Waals surface area contributed by atoms with E-state index in [1.165, 1.54) is 13.8 Å². The van der Waals surface area contributed by atoms with Crippen LogP contribution in [0.2, 0.25) is 0 Å². The lowest BCUT2D eigenvalue weighted by Gasteiger charge is -2.32. The minimum absolute atomic E-state index is 0.0832. The molecule has 2 heterocycles. The lowest BCUT2D eigenvalue weighted by atomic mass is 10.1. The minimum Gasteiger partial charge on any atom is -0.463 e. The fourth-order valence-corrected chi connectivity index (χ4v) is 2.42. The number of nitrogens with zero attached hydrogens (tertiary/aromatic N) is 1. The summed E-state index contributed by atoms with van der Waals surface area (Å²) in [6.07, 6.45) is -4.21. The molecule has 0 aromatic heterocycles. The van der Waals surface area contributed by atoms with Gasteiger partial charge in [-0.2, -0.15) is 0 Å². The van der Waals surface area contributed by atoms with Crippen molar-refractivity contribution in [3.05, 3.63) is 0 Å². The molecule has 0 aromatic rings. The fraction of sp³-hybridized carbons (Fsp3) is 0.692. The SMILES string of the molecule is CC(=O)OCC1OC(N2CC(F)C(=O)NC2=O)CC1OC(C)=O. The smallest absolute Gasteiger partial charge is 0.326 e. The molecule has 2 saturated heterocycles. The highest BCUT2D eigenvalue weighted by Crippen LogP contribution is 2.27. The van der Waals surface area contributed by atoms with E-state index in [9.17, 15) is 23.6 Å². The Morgan fingerprint density at radius 3 is 2.65 bits per heavy atom. The molecule has 128 valence electrons. The van der Waals surface area contributed by atoms with E-state index in [0.717, 1.165) is 4.90 Å². The van der Waals surface area contributed by atoms with Crippen LogP contribution in [-0.2, 0) is 28.6 Å². The second kappa shape index (κ2) is 6.90. The van der Waals surface area contributed by atoms with Crippen LogP contribution in [-0.4, -0.2) is 66.5 Å². The van der Waals surface area contributed by atoms with E-state index in [4.69, 9.17) is 14.2 Å². The zero-order chi connectivity index (χ0) is 17.1. The summed E-state index contributed by atoms with van der Waals surface area (Å²) in [5.74, 6) is -2.10. The Hall–Kier alpha value is -2.23. The maximum absolute atomic E-state index is 13.5. The van der Waals surface area contributed by atoms with Gasteiger partial charge in [0.05, 0.1) is 6.54 Å². The highest BCUT2D eigenvalue weighted by molar-refractivity contribution is 5.99. The summed E-state index contributed by atoms with van der Waals surface area (Å²) >= 11 is 0. The molecule has 4 unspecified atom stereocenters. The second-order valence-electron chi connectivity index (χ2n) is 5.23. The number of amides is 3. The molecular formula is C13H17FN2O7. The van der Waals surface area contributed by atoms with E-state index < -0.39 is 55.0 Å². The Labute approximate surface area is 131 Å². The average molecular weight is 332 g/mol. The number of nitrogens with one attached hydrogen (secondary N) is 1. The number of rotatable bonds is 4. The Bertz CT molecular complexity index is 526. The summed E-state index contributed by atoms with van der Waals surface area (Å²) in [4.78, 5) is 46.0. The predicted molar refractivity (Wildman–Crippen MR) is 70.6 cm³/mol. The molecule has 1 N–H and O–H groups in total. The summed E-state index contributed by atoms with van der Waals surface area (Å²) in [5.41, 5.74) is 0. The number of esters is 2. The van der Waals surface area contributed by atoms with Crippen LogP contribution in [0.15, 0.2) is 0 Å². The molecule has 0 radical (unpaired) electrons. The predicted octanol–water partition coefficient (Wildman–Crippen LogP) is -0.514. The van der Waals surface area contributed by atoms with Crippen LogP contribution in [0.25, 0.3) is 0 Å². The van der Waals surface area contributed by atoms with E-state index >= 15 is 0 Å². The molecular weight excluding hydrogens is 315 g/mol. The van der Waals surface area contributed by atoms with E-state index in [2.05, 4.69) is 0 Å². The third kappa shape index (κ3) is 4.15. The van der Waals surface area contributed by atoms with Crippen LogP contribution in [0.1, 0.15) is 20.3 Å². The molecule has 4 atom stereocenters. The summed E-state index contributed by atoms with van der Waals surface area (Å²) in [6, 6.07) is -0.788. The Morgan fingerprint density at radius 2 is 2.04 bits per heavy atom. The number of urea groups is 1. The van der Waals surface area contributed by atoms with Crippen LogP contribution >= 0.6 is 0 Å². The molecule has 0 saturated carbocycles. The molecule has 3 amide bonds. The van der Waals surface area contributed by atoms with Gasteiger partial charge in [0.1, 0.15) is 25.0 Å². The Kier molecular flexibility index (Phi) is 5.14. The number of halogens is 1. The fourth-order valence-electron chi connectivity index (χ4n) is 2.42. The molecule has 23 heavy (non-hydrogen) atoms. The number of carbonyl (C=O) groups is 4. The van der Waals surface area contributed by atoms with Crippen molar-refractivity contribution in [3.8, 4) is 0 Å². The first-order valence-electron chi connectivity index (χ1n) is 6.99. The highest BCUT2D eigenvalue weighted by atomic mass is 19.1. The van der Waals surface area contributed by atoms with Crippen molar-refractivity contribution in [3.63, 3.8) is 0 Å². The highest BCUT2D eigenvalue weighted by Gasteiger charge is 2.45. The van der Waals surface area contributed by atoms with Crippen LogP contribution in [0.3, 0.4) is 0 Å². The summed E-state index contributed by atoms with van der Waals surface area (Å²) < 4.78 is 29.0. The van der Waals surface area contributed by atoms with E-state index in [1.54, 1.807) is 0 Å². The maximum Gasteiger partial charge on any atom is 0.326 e. The van der Waals surface area contributed by atoms with Gasteiger partial charge in [0.15, 0.2) is 6.17 Å². The molecule has 2 rings (SSSR count). The van der Waals surface area contributed by atoms with Gasteiger partial charge >= 0.3 is 18.0 Å². The first-order chi connectivity index (χ1) is 10.8. The largest absolute Gasteiger partial charge is 0.463 e. The van der Waals surface area contributed by atoms with Gasteiger partial charge in [-0.05, 0) is 0 Å². The van der Waals surface area contributed by atoms with Gasteiger partial charge in [0.2, 0.25) is 0 Å². The van der Waals surface area contributed by atoms with E-state index in [1.807, 2.05) is 5.32 Å². The van der Waals surface area contributed by atoms with Gasteiger partial charge in [0.25, 0.3) is 5.91 Å². The molecule has 9 nitrogen and oxygen atoms in total. The van der Waals surface area contributed by atoms with Crippen molar-refractivity contribution in [1.82, 2.24) is 10.2 Å². The van der Waals surface area contributed by atoms with Crippen molar-refractivity contribution < 1.29 is 37.8 Å². The maximum atomic E-state index is 13.5. The number of ether oxygens (including phenoxy) is 3. The van der Waals surface area contributed by atoms with Crippen molar-refractivity contribution in [2.75, 3.05) is 13.2 Å². The molecule has 0 aliphatic carbocycles. The Balaban J connectivity index is 2.05. The monoisotopic (exact) mass is 332 g/mol. The van der Waals surface area contributed by atoms with Crippen molar-refractivity contribution in [1.29, 1.82) is 0 Å². The van der Waals surface area contributed by atoms with Crippen LogP contribution < -0.4 is 5.32 Å². The van der Waals surface area contributed by atoms with Crippen LogP contribution in [0.4, 0.5) is 9.18 Å². The molecule has 10 heteroatoms. The van der Waals surface area contributed by atoms with Gasteiger partial charge in [0, 0.05) is 20.3 Å². The molecule has 2 aliphatic heterocycles. The first kappa shape index (κ1) is 17.1. The topological polar surface area (TPSA) is 111 Å². The van der Waals surface area contributed by atoms with Crippen molar-refractivity contribution in [2.24, 2.45) is 0 Å². The number of carbonyl (C=O) groups excluding carboxylic acids is 4. The van der Waals surface area contributed by atoms with Crippen LogP contribution in [0.5, 0.6) is 0 Å². The molecule has 2 aliphatic rings. The Morgan fingerprint density at radius 1 is 1.35 bits per heavy atom. The third-order valence-electron chi connectivity index (χ3n) is 3.43. The molecule has 0 aromatic carbocycles. The number of hydrogen-bond acceptors (Lipinski definition) is 7. The lowest BCUT2D eigenvalue weighted by Crippen LogP contribution is -2.58. The van der Waals surface area contributed by atoms with Gasteiger partial charge in [-0.15, -0.1) is 0 Å². The molecule has 2 fully saturated rings. The summed E-state index contributed by atoms with van der Waals surface area (Å²) in [7, 11) is 0. The zero-order valence-corrected chi connectivity index (χ0v) is 12.6. The van der Waals surface area contributed by atoms with E-state index in [-0.39, 0.29) is 13.0 Å². The molecule has 0 bridgehead atoms. The van der Waals surface area contributed by atoms with Crippen molar-refractivity contribution in [2.45, 2.75) is 44.9 Å². The lowest BCUT2D eigenvalue weighted by molar-refractivity contribution is -0.156. The quantitative estimate of drug-likeness (QED) is 0.690. The second-order valence-corrected chi connectivity index (χ2v) is 5.23. The van der Waals surface area contributed by atoms with Gasteiger partial charge in [-0.25, -0.2) is 9.18 Å². The number of alkyl halides is 1. The summed E-state index contributed by atoms with van der Waals surface area (Å²) in [5, 5.41) is 1.88. The van der Waals surface area contributed by atoms with Gasteiger partial charge in [-0.1, -0.05) is 0 Å². The van der Waals surface area contributed by atoms with E-state index in [0.29, 0.717) is 0 Å². The van der Waals surface area contributed by atoms with Gasteiger partial charge < -0.3 is 14.2 Å². The van der Waals surface area contributed by atoms with Gasteiger partial charge in [-0.3, -0.25) is 24.6 Å².